The molecule has 0 aliphatic heterocycles. The third-order valence-corrected chi connectivity index (χ3v) is 5.79. The third kappa shape index (κ3) is 4.72. The first-order valence-electron chi connectivity index (χ1n) is 9.02. The topological polar surface area (TPSA) is 73.0 Å². The Balaban J connectivity index is 1.51. The maximum Gasteiger partial charge on any atom is 0.279 e. The maximum atomic E-state index is 12.6. The van der Waals surface area contributed by atoms with Crippen LogP contribution in [0.2, 0.25) is 20.1 Å². The molecule has 0 radical (unpaired) electrons. The van der Waals surface area contributed by atoms with Gasteiger partial charge in [0.25, 0.3) is 5.91 Å². The largest absolute Gasteiger partial charge is 0.355 e. The summed E-state index contributed by atoms with van der Waals surface area (Å²) in [5, 5.41) is 12.9. The van der Waals surface area contributed by atoms with Crippen molar-refractivity contribution in [3.05, 3.63) is 85.6 Å². The molecule has 0 bridgehead atoms. The number of rotatable bonds is 5. The summed E-state index contributed by atoms with van der Waals surface area (Å²) in [6, 6.07) is 13.5. The molecule has 2 aromatic carbocycles. The highest BCUT2D eigenvalue weighted by atomic mass is 35.5. The van der Waals surface area contributed by atoms with Crippen LogP contribution in [0.15, 0.2) is 53.1 Å². The van der Waals surface area contributed by atoms with Crippen LogP contribution in [0.3, 0.4) is 0 Å². The van der Waals surface area contributed by atoms with Gasteiger partial charge < -0.3 is 9.84 Å². The zero-order valence-electron chi connectivity index (χ0n) is 16.0. The molecule has 2 aromatic heterocycles. The molecule has 0 saturated heterocycles. The molecule has 1 amide bonds. The zero-order chi connectivity index (χ0) is 22.1. The van der Waals surface area contributed by atoms with E-state index in [0.717, 1.165) is 11.3 Å². The Labute approximate surface area is 197 Å². The first-order valence-corrected chi connectivity index (χ1v) is 10.5. The Bertz CT molecular complexity index is 1260. The number of hydrogen-bond acceptors (Lipinski definition) is 4. The first kappa shape index (κ1) is 21.7. The Morgan fingerprint density at radius 2 is 1.77 bits per heavy atom. The van der Waals surface area contributed by atoms with Crippen molar-refractivity contribution in [3.8, 4) is 11.3 Å². The van der Waals surface area contributed by atoms with Crippen LogP contribution < -0.4 is 5.32 Å². The minimum atomic E-state index is -0.472. The van der Waals surface area contributed by atoms with E-state index in [4.69, 9.17) is 50.9 Å². The summed E-state index contributed by atoms with van der Waals surface area (Å²) in [7, 11) is 0. The molecule has 0 atom stereocenters. The quantitative estimate of drug-likeness (QED) is 0.332. The number of amides is 1. The van der Waals surface area contributed by atoms with Gasteiger partial charge in [-0.2, -0.15) is 5.10 Å². The van der Waals surface area contributed by atoms with Crippen LogP contribution in [0.5, 0.6) is 0 Å². The number of benzene rings is 2. The van der Waals surface area contributed by atoms with Gasteiger partial charge in [0.2, 0.25) is 0 Å². The van der Waals surface area contributed by atoms with Gasteiger partial charge in [-0.15, -0.1) is 0 Å². The van der Waals surface area contributed by atoms with Crippen molar-refractivity contribution >= 4 is 58.1 Å². The number of hydrogen-bond donors (Lipinski definition) is 1. The average molecular weight is 496 g/mol. The molecule has 6 nitrogen and oxygen atoms in total. The monoisotopic (exact) mass is 494 g/mol. The molecule has 0 spiro atoms. The number of aromatic nitrogens is 3. The van der Waals surface area contributed by atoms with Gasteiger partial charge in [-0.1, -0.05) is 57.6 Å². The number of carbonyl (C=O) groups excluding carboxylic acids is 1. The Morgan fingerprint density at radius 3 is 2.48 bits per heavy atom. The summed E-state index contributed by atoms with van der Waals surface area (Å²) in [4.78, 5) is 12.6. The first-order chi connectivity index (χ1) is 14.8. The van der Waals surface area contributed by atoms with E-state index < -0.39 is 5.91 Å². The third-order valence-electron chi connectivity index (χ3n) is 4.53. The van der Waals surface area contributed by atoms with Crippen molar-refractivity contribution in [1.29, 1.82) is 0 Å². The number of aryl methyl sites for hydroxylation is 1. The molecular weight excluding hydrogens is 482 g/mol. The smallest absolute Gasteiger partial charge is 0.279 e. The van der Waals surface area contributed by atoms with Crippen LogP contribution in [-0.4, -0.2) is 20.8 Å². The van der Waals surface area contributed by atoms with Gasteiger partial charge in [0.1, 0.15) is 0 Å². The predicted molar refractivity (Wildman–Crippen MR) is 122 cm³/mol. The molecule has 0 aliphatic rings. The van der Waals surface area contributed by atoms with Crippen molar-refractivity contribution < 1.29 is 9.32 Å². The molecule has 0 fully saturated rings. The molecule has 0 aliphatic carbocycles. The fourth-order valence-corrected chi connectivity index (χ4v) is 3.96. The van der Waals surface area contributed by atoms with Crippen LogP contribution in [0.1, 0.15) is 21.7 Å². The van der Waals surface area contributed by atoms with E-state index in [-0.39, 0.29) is 5.69 Å². The van der Waals surface area contributed by atoms with E-state index in [2.05, 4.69) is 15.6 Å². The molecule has 0 unspecified atom stereocenters. The lowest BCUT2D eigenvalue weighted by molar-refractivity contribution is 0.101. The lowest BCUT2D eigenvalue weighted by atomic mass is 10.1. The standard InChI is InChI=1S/C21H14Cl4N4O2/c1-11-7-20(27-29(11)10-14-15(23)3-2-4-16(14)24)26-21(30)18-9-19(31-28-18)13-6-5-12(22)8-17(13)25/h2-9H,10H2,1H3,(H,26,27,30). The fraction of sp³-hybridized carbons (Fsp3) is 0.0952. The predicted octanol–water partition coefficient (Wildman–Crippen LogP) is 6.76. The highest BCUT2D eigenvalue weighted by molar-refractivity contribution is 6.36. The number of nitrogens with zero attached hydrogens (tertiary/aromatic N) is 3. The highest BCUT2D eigenvalue weighted by Gasteiger charge is 2.18. The molecule has 10 heteroatoms. The zero-order valence-corrected chi connectivity index (χ0v) is 19.0. The molecule has 4 aromatic rings. The van der Waals surface area contributed by atoms with Crippen molar-refractivity contribution in [2.45, 2.75) is 13.5 Å². The Hall–Kier alpha value is -2.51. The van der Waals surface area contributed by atoms with Gasteiger partial charge >= 0.3 is 0 Å². The van der Waals surface area contributed by atoms with Crippen molar-refractivity contribution in [2.24, 2.45) is 0 Å². The molecular formula is C21H14Cl4N4O2. The summed E-state index contributed by atoms with van der Waals surface area (Å²) in [6.07, 6.45) is 0. The second kappa shape index (κ2) is 8.93. The normalized spacial score (nSPS) is 11.0. The maximum absolute atomic E-state index is 12.6. The summed E-state index contributed by atoms with van der Waals surface area (Å²) in [5.74, 6) is 0.238. The van der Waals surface area contributed by atoms with E-state index in [0.29, 0.717) is 43.8 Å². The van der Waals surface area contributed by atoms with E-state index in [1.807, 2.05) is 6.92 Å². The van der Waals surface area contributed by atoms with Crippen LogP contribution >= 0.6 is 46.4 Å². The van der Waals surface area contributed by atoms with Crippen LogP contribution in [0, 0.1) is 6.92 Å². The molecule has 1 N–H and O–H groups in total. The highest BCUT2D eigenvalue weighted by Crippen LogP contribution is 2.31. The number of nitrogens with one attached hydrogen (secondary N) is 1. The summed E-state index contributed by atoms with van der Waals surface area (Å²) in [5.41, 5.74) is 2.23. The molecule has 31 heavy (non-hydrogen) atoms. The number of carbonyl (C=O) groups is 1. The van der Waals surface area contributed by atoms with Gasteiger partial charge in [0, 0.05) is 44.0 Å². The SMILES string of the molecule is Cc1cc(NC(=O)c2cc(-c3ccc(Cl)cc3Cl)on2)nn1Cc1c(Cl)cccc1Cl. The van der Waals surface area contributed by atoms with Crippen molar-refractivity contribution in [3.63, 3.8) is 0 Å². The van der Waals surface area contributed by atoms with Gasteiger partial charge in [-0.05, 0) is 37.3 Å². The van der Waals surface area contributed by atoms with Crippen LogP contribution in [0.4, 0.5) is 5.82 Å². The van der Waals surface area contributed by atoms with E-state index >= 15 is 0 Å². The average Bonchev–Trinajstić information content (AvgIpc) is 3.32. The molecule has 4 rings (SSSR count). The molecule has 2 heterocycles. The summed E-state index contributed by atoms with van der Waals surface area (Å²) < 4.78 is 6.97. The molecule has 0 saturated carbocycles. The van der Waals surface area contributed by atoms with Gasteiger partial charge in [-0.3, -0.25) is 9.48 Å². The molecule has 158 valence electrons. The van der Waals surface area contributed by atoms with Crippen molar-refractivity contribution in [2.75, 3.05) is 5.32 Å². The summed E-state index contributed by atoms with van der Waals surface area (Å²) >= 11 is 24.6. The fourth-order valence-electron chi connectivity index (χ4n) is 2.94. The van der Waals surface area contributed by atoms with Crippen LogP contribution in [-0.2, 0) is 6.54 Å². The van der Waals surface area contributed by atoms with E-state index in [1.165, 1.54) is 6.07 Å². The number of halogens is 4. The van der Waals surface area contributed by atoms with Crippen molar-refractivity contribution in [1.82, 2.24) is 14.9 Å². The van der Waals surface area contributed by atoms with Crippen LogP contribution in [0.25, 0.3) is 11.3 Å². The van der Waals surface area contributed by atoms with Gasteiger partial charge in [0.15, 0.2) is 17.3 Å². The van der Waals surface area contributed by atoms with E-state index in [1.54, 1.807) is 47.1 Å². The lowest BCUT2D eigenvalue weighted by Crippen LogP contribution is -2.13. The minimum Gasteiger partial charge on any atom is -0.355 e. The second-order valence-corrected chi connectivity index (χ2v) is 8.34. The summed E-state index contributed by atoms with van der Waals surface area (Å²) in [6.45, 7) is 2.23. The van der Waals surface area contributed by atoms with Gasteiger partial charge in [0.05, 0.1) is 11.6 Å². The number of anilines is 1. The lowest BCUT2D eigenvalue weighted by Gasteiger charge is -2.08. The second-order valence-electron chi connectivity index (χ2n) is 6.68. The Morgan fingerprint density at radius 1 is 1.03 bits per heavy atom. The minimum absolute atomic E-state index is 0.0855. The van der Waals surface area contributed by atoms with Gasteiger partial charge in [-0.25, -0.2) is 0 Å². The Kier molecular flexibility index (Phi) is 6.25. The van der Waals surface area contributed by atoms with E-state index in [9.17, 15) is 4.79 Å².